The standard InChI is InChI=1S/C17H17Cl2NO3/c1-2-17-13-9-6-8(14(21)15(9)23-17)12(13)16(22)20(17)11-4-3-7(18)5-10(11)19/h3-5,8-9,12-15,21H,2,6H2,1H3/t8-,9-,12-,13+,14+,15-,17-/m0/s1. The minimum absolute atomic E-state index is 0.0204. The van der Waals surface area contributed by atoms with Gasteiger partial charge in [0.2, 0.25) is 5.91 Å². The van der Waals surface area contributed by atoms with Gasteiger partial charge >= 0.3 is 0 Å². The fraction of sp³-hybridized carbons (Fsp3) is 0.588. The van der Waals surface area contributed by atoms with E-state index in [1.807, 2.05) is 6.92 Å². The van der Waals surface area contributed by atoms with Crippen molar-refractivity contribution in [2.75, 3.05) is 4.90 Å². The molecular weight excluding hydrogens is 337 g/mol. The van der Waals surface area contributed by atoms with Gasteiger partial charge in [-0.3, -0.25) is 9.69 Å². The lowest BCUT2D eigenvalue weighted by Crippen LogP contribution is -2.51. The number of amides is 1. The molecule has 1 aromatic carbocycles. The van der Waals surface area contributed by atoms with Gasteiger partial charge in [-0.15, -0.1) is 0 Å². The maximum absolute atomic E-state index is 13.2. The first-order valence-electron chi connectivity index (χ1n) is 8.14. The van der Waals surface area contributed by atoms with Crippen molar-refractivity contribution in [2.45, 2.75) is 37.7 Å². The topological polar surface area (TPSA) is 49.8 Å². The molecule has 4 nitrogen and oxygen atoms in total. The highest BCUT2D eigenvalue weighted by atomic mass is 35.5. The summed E-state index contributed by atoms with van der Waals surface area (Å²) in [5.41, 5.74) is -0.0207. The number of anilines is 1. The first-order valence-corrected chi connectivity index (χ1v) is 8.90. The Morgan fingerprint density at radius 3 is 2.87 bits per heavy atom. The van der Waals surface area contributed by atoms with Crippen LogP contribution < -0.4 is 4.90 Å². The zero-order chi connectivity index (χ0) is 16.1. The van der Waals surface area contributed by atoms with Crippen LogP contribution in [0.1, 0.15) is 19.8 Å². The number of aliphatic hydroxyl groups is 1. The number of carbonyl (C=O) groups excluding carboxylic acids is 1. The van der Waals surface area contributed by atoms with Crippen molar-refractivity contribution in [1.29, 1.82) is 0 Å². The minimum atomic E-state index is -0.680. The van der Waals surface area contributed by atoms with Crippen LogP contribution in [0.2, 0.25) is 10.0 Å². The van der Waals surface area contributed by atoms with Crippen molar-refractivity contribution < 1.29 is 14.6 Å². The van der Waals surface area contributed by atoms with Gasteiger partial charge in [0.05, 0.1) is 28.8 Å². The van der Waals surface area contributed by atoms with Crippen LogP contribution in [0.25, 0.3) is 0 Å². The second-order valence-corrected chi connectivity index (χ2v) is 8.00. The van der Waals surface area contributed by atoms with E-state index in [9.17, 15) is 9.90 Å². The molecule has 2 saturated heterocycles. The molecule has 23 heavy (non-hydrogen) atoms. The number of fused-ring (bicyclic) bond motifs is 2. The zero-order valence-electron chi connectivity index (χ0n) is 12.6. The molecular formula is C17H17Cl2NO3. The van der Waals surface area contributed by atoms with E-state index in [0.717, 1.165) is 6.42 Å². The number of benzene rings is 1. The third kappa shape index (κ3) is 1.50. The highest BCUT2D eigenvalue weighted by Gasteiger charge is 2.78. The van der Waals surface area contributed by atoms with E-state index in [-0.39, 0.29) is 35.7 Å². The molecule has 7 atom stereocenters. The SMILES string of the molecule is CC[C@]12O[C@@H]3[C@H](O)[C@H]4C[C@H]3[C@@H]1[C@H]4C(=O)N2c1ccc(Cl)cc1Cl. The maximum Gasteiger partial charge on any atom is 0.233 e. The molecule has 6 heteroatoms. The van der Waals surface area contributed by atoms with Gasteiger partial charge in [-0.2, -0.15) is 0 Å². The lowest BCUT2D eigenvalue weighted by atomic mass is 9.76. The van der Waals surface area contributed by atoms with E-state index in [1.54, 1.807) is 23.1 Å². The summed E-state index contributed by atoms with van der Waals surface area (Å²) in [6, 6.07) is 5.19. The number of rotatable bonds is 2. The third-order valence-electron chi connectivity index (χ3n) is 6.45. The average molecular weight is 354 g/mol. The van der Waals surface area contributed by atoms with Gasteiger partial charge in [0, 0.05) is 10.9 Å². The molecule has 2 aliphatic heterocycles. The van der Waals surface area contributed by atoms with Crippen LogP contribution >= 0.6 is 23.2 Å². The predicted octanol–water partition coefficient (Wildman–Crippen LogP) is 3.09. The summed E-state index contributed by atoms with van der Waals surface area (Å²) in [7, 11) is 0. The van der Waals surface area contributed by atoms with Crippen molar-refractivity contribution in [3.63, 3.8) is 0 Å². The quantitative estimate of drug-likeness (QED) is 0.888. The summed E-state index contributed by atoms with van der Waals surface area (Å²) < 4.78 is 6.37. The third-order valence-corrected chi connectivity index (χ3v) is 6.99. The molecule has 122 valence electrons. The van der Waals surface area contributed by atoms with Crippen LogP contribution in [-0.2, 0) is 9.53 Å². The van der Waals surface area contributed by atoms with Crippen LogP contribution in [0.5, 0.6) is 0 Å². The van der Waals surface area contributed by atoms with Gasteiger partial charge < -0.3 is 9.84 Å². The van der Waals surface area contributed by atoms with Crippen molar-refractivity contribution >= 4 is 34.8 Å². The molecule has 1 amide bonds. The van der Waals surface area contributed by atoms with Gasteiger partial charge in [0.1, 0.15) is 0 Å². The summed E-state index contributed by atoms with van der Waals surface area (Å²) in [6.07, 6.45) is 0.923. The Morgan fingerprint density at radius 1 is 1.39 bits per heavy atom. The Hall–Kier alpha value is -0.810. The monoisotopic (exact) mass is 353 g/mol. The number of nitrogens with zero attached hydrogens (tertiary/aromatic N) is 1. The molecule has 0 spiro atoms. The summed E-state index contributed by atoms with van der Waals surface area (Å²) in [5.74, 6) is 0.336. The van der Waals surface area contributed by atoms with Crippen molar-refractivity contribution in [1.82, 2.24) is 0 Å². The largest absolute Gasteiger partial charge is 0.390 e. The Kier molecular flexibility index (Phi) is 2.79. The Morgan fingerprint density at radius 2 is 2.17 bits per heavy atom. The molecule has 2 saturated carbocycles. The van der Waals surface area contributed by atoms with E-state index >= 15 is 0 Å². The number of ether oxygens (including phenoxy) is 1. The summed E-state index contributed by atoms with van der Waals surface area (Å²) in [6.45, 7) is 2.04. The second-order valence-electron chi connectivity index (χ2n) is 7.16. The Balaban J connectivity index is 1.69. The highest BCUT2D eigenvalue weighted by molar-refractivity contribution is 6.37. The molecule has 0 aromatic heterocycles. The lowest BCUT2D eigenvalue weighted by molar-refractivity contribution is -0.133. The molecule has 4 aliphatic rings. The number of hydrogen-bond donors (Lipinski definition) is 1. The van der Waals surface area contributed by atoms with Gasteiger partial charge in [-0.1, -0.05) is 30.1 Å². The predicted molar refractivity (Wildman–Crippen MR) is 86.4 cm³/mol. The first-order chi connectivity index (χ1) is 11.0. The smallest absolute Gasteiger partial charge is 0.233 e. The van der Waals surface area contributed by atoms with E-state index in [4.69, 9.17) is 27.9 Å². The molecule has 5 rings (SSSR count). The summed E-state index contributed by atoms with van der Waals surface area (Å²) in [5, 5.41) is 11.5. The molecule has 2 aliphatic carbocycles. The van der Waals surface area contributed by atoms with Gasteiger partial charge in [0.25, 0.3) is 0 Å². The first kappa shape index (κ1) is 14.5. The number of halogens is 2. The van der Waals surface area contributed by atoms with E-state index in [2.05, 4.69) is 0 Å². The van der Waals surface area contributed by atoms with Gasteiger partial charge in [-0.05, 0) is 42.9 Å². The zero-order valence-corrected chi connectivity index (χ0v) is 14.1. The van der Waals surface area contributed by atoms with E-state index in [0.29, 0.717) is 22.2 Å². The number of hydrogen-bond acceptors (Lipinski definition) is 3. The summed E-state index contributed by atoms with van der Waals surface area (Å²) in [4.78, 5) is 15.0. The molecule has 0 radical (unpaired) electrons. The van der Waals surface area contributed by atoms with E-state index < -0.39 is 11.8 Å². The lowest BCUT2D eigenvalue weighted by Gasteiger charge is -2.38. The molecule has 2 bridgehead atoms. The van der Waals surface area contributed by atoms with Crippen LogP contribution in [-0.4, -0.2) is 28.9 Å². The molecule has 0 unspecified atom stereocenters. The van der Waals surface area contributed by atoms with Crippen LogP contribution in [0.4, 0.5) is 5.69 Å². The Labute approximate surface area is 144 Å². The van der Waals surface area contributed by atoms with Crippen molar-refractivity contribution in [2.24, 2.45) is 23.7 Å². The van der Waals surface area contributed by atoms with Crippen molar-refractivity contribution in [3.8, 4) is 0 Å². The number of aliphatic hydroxyl groups excluding tert-OH is 1. The second kappa shape index (κ2) is 4.42. The fourth-order valence-corrected chi connectivity index (χ4v) is 6.24. The van der Waals surface area contributed by atoms with Crippen LogP contribution in [0.3, 0.4) is 0 Å². The average Bonchev–Trinajstić information content (AvgIpc) is 3.17. The molecule has 2 heterocycles. The van der Waals surface area contributed by atoms with Gasteiger partial charge in [-0.25, -0.2) is 0 Å². The highest BCUT2D eigenvalue weighted by Crippen LogP contribution is 2.69. The van der Waals surface area contributed by atoms with Crippen molar-refractivity contribution in [3.05, 3.63) is 28.2 Å². The normalized spacial score (nSPS) is 46.3. The van der Waals surface area contributed by atoms with Crippen LogP contribution in [0, 0.1) is 23.7 Å². The minimum Gasteiger partial charge on any atom is -0.390 e. The molecule has 1 N–H and O–H groups in total. The Bertz CT molecular complexity index is 726. The number of carbonyl (C=O) groups is 1. The van der Waals surface area contributed by atoms with Crippen LogP contribution in [0.15, 0.2) is 18.2 Å². The maximum atomic E-state index is 13.2. The summed E-state index contributed by atoms with van der Waals surface area (Å²) >= 11 is 12.4. The molecule has 4 fully saturated rings. The van der Waals surface area contributed by atoms with E-state index in [1.165, 1.54) is 0 Å². The fourth-order valence-electron chi connectivity index (χ4n) is 5.75. The molecule has 1 aromatic rings. The van der Waals surface area contributed by atoms with Gasteiger partial charge in [0.15, 0.2) is 5.72 Å².